The van der Waals surface area contributed by atoms with Gasteiger partial charge in [-0.05, 0) is 25.7 Å². The summed E-state index contributed by atoms with van der Waals surface area (Å²) in [6.45, 7) is 1.70. The van der Waals surface area contributed by atoms with Gasteiger partial charge in [0.1, 0.15) is 0 Å². The zero-order valence-electron chi connectivity index (χ0n) is 23.4. The quantitative estimate of drug-likeness (QED) is 0.0205. The molecule has 39 heavy (non-hydrogen) atoms. The highest BCUT2D eigenvalue weighted by Gasteiger charge is 1.96. The molecule has 0 atom stereocenters. The molecule has 0 heterocycles. The lowest BCUT2D eigenvalue weighted by molar-refractivity contribution is -0.119. The summed E-state index contributed by atoms with van der Waals surface area (Å²) >= 11 is 0. The molecule has 15 heteroatoms. The molecule has 0 unspecified atom stereocenters. The summed E-state index contributed by atoms with van der Waals surface area (Å²) in [6, 6.07) is 0. The topological polar surface area (TPSA) is 262 Å². The van der Waals surface area contributed by atoms with E-state index in [-0.39, 0.29) is 11.8 Å². The van der Waals surface area contributed by atoms with Crippen molar-refractivity contribution < 1.29 is 27.1 Å². The third kappa shape index (κ3) is 61.4. The Kier molecular flexibility index (Phi) is 35.6. The molecule has 0 aliphatic rings. The molecule has 0 rings (SSSR count). The highest BCUT2D eigenvalue weighted by atomic mass is 32.3. The average molecular weight is 583 g/mol. The van der Waals surface area contributed by atoms with Crippen molar-refractivity contribution in [2.24, 2.45) is 33.1 Å². The Bertz CT molecular complexity index is 657. The van der Waals surface area contributed by atoms with Gasteiger partial charge in [0.15, 0.2) is 0 Å². The molecule has 0 spiro atoms. The maximum absolute atomic E-state index is 10.5. The summed E-state index contributed by atoms with van der Waals surface area (Å²) in [4.78, 5) is 29.1. The average Bonchev–Trinajstić information content (AvgIpc) is 2.84. The Morgan fingerprint density at radius 2 is 0.795 bits per heavy atom. The molecule has 0 saturated carbocycles. The van der Waals surface area contributed by atoms with E-state index >= 15 is 0 Å². The van der Waals surface area contributed by atoms with Gasteiger partial charge in [-0.2, -0.15) is 8.42 Å². The second-order valence-electron chi connectivity index (χ2n) is 8.94. The van der Waals surface area contributed by atoms with Crippen LogP contribution in [0.5, 0.6) is 0 Å². The highest BCUT2D eigenvalue weighted by Crippen LogP contribution is 2.10. The maximum atomic E-state index is 10.5. The van der Waals surface area contributed by atoms with Gasteiger partial charge in [-0.15, -0.1) is 0 Å². The molecule has 14 nitrogen and oxygen atoms in total. The lowest BCUT2D eigenvalue weighted by atomic mass is 10.1. The van der Waals surface area contributed by atoms with Crippen LogP contribution in [0.15, 0.2) is 9.98 Å². The van der Waals surface area contributed by atoms with Gasteiger partial charge in [-0.3, -0.25) is 28.7 Å². The predicted octanol–water partition coefficient (Wildman–Crippen LogP) is 2.30. The van der Waals surface area contributed by atoms with Crippen molar-refractivity contribution in [2.45, 2.75) is 116 Å². The first-order valence-corrected chi connectivity index (χ1v) is 15.1. The number of nitrogens with zero attached hydrogens (tertiary/aromatic N) is 2. The molecule has 2 amide bonds. The first-order valence-electron chi connectivity index (χ1n) is 13.7. The molecule has 0 saturated heterocycles. The number of amides is 2. The van der Waals surface area contributed by atoms with Crippen molar-refractivity contribution in [3.8, 4) is 0 Å². The van der Waals surface area contributed by atoms with E-state index in [2.05, 4.69) is 20.8 Å². The lowest BCUT2D eigenvalue weighted by Gasteiger charge is -2.00. The fourth-order valence-corrected chi connectivity index (χ4v) is 3.36. The van der Waals surface area contributed by atoms with E-state index in [4.69, 9.17) is 40.7 Å². The van der Waals surface area contributed by atoms with E-state index in [1.807, 2.05) is 0 Å². The largest absolute Gasteiger partial charge is 0.394 e. The molecule has 0 aromatic carbocycles. The van der Waals surface area contributed by atoms with Crippen LogP contribution < -0.4 is 34.0 Å². The minimum atomic E-state index is -4.67. The summed E-state index contributed by atoms with van der Waals surface area (Å²) in [6.07, 6.45) is 23.0. The minimum Gasteiger partial charge on any atom is -0.370 e. The zero-order chi connectivity index (χ0) is 30.0. The van der Waals surface area contributed by atoms with Gasteiger partial charge in [0.25, 0.3) is 0 Å². The highest BCUT2D eigenvalue weighted by molar-refractivity contribution is 7.79. The first-order chi connectivity index (χ1) is 18.5. The van der Waals surface area contributed by atoms with Crippen molar-refractivity contribution in [1.29, 1.82) is 0 Å². The number of carbonyl (C=O) groups excluding carboxylic acids is 2. The summed E-state index contributed by atoms with van der Waals surface area (Å²) in [5.41, 5.74) is 14.9. The number of hydrogen-bond donors (Lipinski definition) is 8. The van der Waals surface area contributed by atoms with Gasteiger partial charge in [0, 0.05) is 25.9 Å². The first kappa shape index (κ1) is 41.2. The molecule has 232 valence electrons. The number of primary amides is 2. The van der Waals surface area contributed by atoms with Crippen molar-refractivity contribution in [2.75, 3.05) is 13.1 Å². The Hall–Kier alpha value is -2.33. The number of unbranched alkanes of at least 4 members (excludes halogenated alkanes) is 14. The van der Waals surface area contributed by atoms with Crippen LogP contribution in [0.25, 0.3) is 0 Å². The molecule has 0 aliphatic carbocycles. The molecule has 0 aromatic rings. The summed E-state index contributed by atoms with van der Waals surface area (Å²) in [7, 11) is -4.67. The van der Waals surface area contributed by atoms with E-state index < -0.39 is 10.4 Å². The Labute approximate surface area is 234 Å². The van der Waals surface area contributed by atoms with Gasteiger partial charge < -0.3 is 22.3 Å². The van der Waals surface area contributed by atoms with Crippen LogP contribution in [0, 0.1) is 0 Å². The molecule has 12 N–H and O–H groups in total. The van der Waals surface area contributed by atoms with Crippen molar-refractivity contribution >= 4 is 34.9 Å². The third-order valence-corrected chi connectivity index (χ3v) is 5.25. The zero-order valence-corrected chi connectivity index (χ0v) is 24.3. The van der Waals surface area contributed by atoms with Gasteiger partial charge in [-0.25, -0.2) is 11.7 Å². The van der Waals surface area contributed by atoms with Crippen molar-refractivity contribution in [3.63, 3.8) is 0 Å². The second-order valence-corrected chi connectivity index (χ2v) is 9.84. The van der Waals surface area contributed by atoms with Crippen LogP contribution in [-0.4, -0.2) is 55.1 Å². The smallest absolute Gasteiger partial charge is 0.370 e. The van der Waals surface area contributed by atoms with Crippen LogP contribution in [0.4, 0.5) is 0 Å². The molecule has 0 aromatic heterocycles. The normalized spacial score (nSPS) is 11.0. The third-order valence-electron chi connectivity index (χ3n) is 5.25. The van der Waals surface area contributed by atoms with E-state index in [0.29, 0.717) is 12.8 Å². The number of hydrogen-bond acceptors (Lipinski definition) is 8. The molecule has 0 aliphatic heterocycles. The van der Waals surface area contributed by atoms with E-state index in [1.54, 1.807) is 0 Å². The molecular weight excluding hydrogens is 528 g/mol. The van der Waals surface area contributed by atoms with Crippen LogP contribution in [-0.2, 0) is 20.0 Å². The number of rotatable bonds is 24. The van der Waals surface area contributed by atoms with Gasteiger partial charge in [0.2, 0.25) is 11.8 Å². The SMILES string of the molecule is NNC=NCCCCCCCCCCC(N)=O.NNC=NCCCCCCCCCCC(N)=O.O=S(=O)(O)O. The van der Waals surface area contributed by atoms with Crippen LogP contribution in [0.3, 0.4) is 0 Å². The second kappa shape index (κ2) is 33.7. The van der Waals surface area contributed by atoms with Crippen molar-refractivity contribution in [1.82, 2.24) is 10.9 Å². The number of carbonyl (C=O) groups is 2. The molecule has 0 radical (unpaired) electrons. The maximum Gasteiger partial charge on any atom is 0.394 e. The number of hydrazine groups is 2. The molecular formula is C24H54N8O6S. The minimum absolute atomic E-state index is 0.183. The summed E-state index contributed by atoms with van der Waals surface area (Å²) < 4.78 is 31.6. The Morgan fingerprint density at radius 1 is 0.564 bits per heavy atom. The molecule has 0 bridgehead atoms. The summed E-state index contributed by atoms with van der Waals surface area (Å²) in [5, 5.41) is 0. The fraction of sp³-hybridized carbons (Fsp3) is 0.833. The van der Waals surface area contributed by atoms with Crippen LogP contribution in [0.1, 0.15) is 116 Å². The monoisotopic (exact) mass is 582 g/mol. The molecule has 0 fully saturated rings. The van der Waals surface area contributed by atoms with Crippen molar-refractivity contribution in [3.05, 3.63) is 0 Å². The van der Waals surface area contributed by atoms with E-state index in [0.717, 1.165) is 51.6 Å². The van der Waals surface area contributed by atoms with Crippen LogP contribution >= 0.6 is 0 Å². The lowest BCUT2D eigenvalue weighted by Crippen LogP contribution is -2.19. The predicted molar refractivity (Wildman–Crippen MR) is 157 cm³/mol. The number of aliphatic imine (C=N–C) groups is 2. The van der Waals surface area contributed by atoms with E-state index in [9.17, 15) is 9.59 Å². The fourth-order valence-electron chi connectivity index (χ4n) is 3.36. The Balaban J connectivity index is -0.000000566. The summed E-state index contributed by atoms with van der Waals surface area (Å²) in [5.74, 6) is 9.71. The van der Waals surface area contributed by atoms with Gasteiger partial charge in [0.05, 0.1) is 12.7 Å². The number of nitrogens with two attached hydrogens (primary N) is 4. The number of nitrogens with one attached hydrogen (secondary N) is 2. The Morgan fingerprint density at radius 3 is 1.03 bits per heavy atom. The van der Waals surface area contributed by atoms with Gasteiger partial charge >= 0.3 is 10.4 Å². The standard InChI is InChI=1S/2C12H26N4O.H2O4S/c2*13-12(17)9-7-5-3-1-2-4-6-8-10-15-11-16-14;1-5(2,3)4/h2*11H,1-10,14H2,(H2,13,17)(H,15,16);(H2,1,2,3,4). The van der Waals surface area contributed by atoms with E-state index in [1.165, 1.54) is 76.9 Å². The van der Waals surface area contributed by atoms with Crippen LogP contribution in [0.2, 0.25) is 0 Å². The van der Waals surface area contributed by atoms with Gasteiger partial charge in [-0.1, -0.05) is 77.0 Å².